The molecule has 0 spiro atoms. The van der Waals surface area contributed by atoms with Gasteiger partial charge in [-0.1, -0.05) is 37.3 Å². The number of hydrogen-bond acceptors (Lipinski definition) is 4. The van der Waals surface area contributed by atoms with Crippen molar-refractivity contribution in [1.29, 1.82) is 0 Å². The van der Waals surface area contributed by atoms with Gasteiger partial charge < -0.3 is 9.47 Å². The molecule has 1 aromatic carbocycles. The number of esters is 2. The van der Waals surface area contributed by atoms with Crippen molar-refractivity contribution < 1.29 is 50.1 Å². The van der Waals surface area contributed by atoms with Crippen LogP contribution < -0.4 is 0 Å². The maximum absolute atomic E-state index is 12.0. The Balaban J connectivity index is -0.000000374. The molecule has 0 fully saturated rings. The number of carbonyl (C=O) groups excluding carboxylic acids is 2. The van der Waals surface area contributed by atoms with Crippen LogP contribution in [0.1, 0.15) is 18.4 Å². The number of methoxy groups -OCH3 is 2. The van der Waals surface area contributed by atoms with Gasteiger partial charge in [0, 0.05) is 23.0 Å². The standard InChI is InChI=1S/C17H20O4.3CO.Fe/c1-12(2)10-11-14(13-8-6-5-7-9-13)15(16(18)20-3)17(19)21-4;3*1-2;/h5-11,14-15H,1H2,2-4H3;;;;/t14-;;;;/m0..../s1. The molecule has 1 rings (SSSR count). The van der Waals surface area contributed by atoms with Crippen LogP contribution in [0.3, 0.4) is 0 Å². The summed E-state index contributed by atoms with van der Waals surface area (Å²) in [6, 6.07) is 9.28. The summed E-state index contributed by atoms with van der Waals surface area (Å²) in [6.07, 6.45) is 3.55. The summed E-state index contributed by atoms with van der Waals surface area (Å²) >= 11 is 0. The Kier molecular flexibility index (Phi) is 27.4. The van der Waals surface area contributed by atoms with Gasteiger partial charge in [0.1, 0.15) is 0 Å². The Morgan fingerprint density at radius 3 is 1.68 bits per heavy atom. The molecule has 0 aliphatic heterocycles. The molecule has 150 valence electrons. The maximum atomic E-state index is 12.0. The van der Waals surface area contributed by atoms with E-state index in [0.717, 1.165) is 11.5 Å². The Morgan fingerprint density at radius 1 is 0.964 bits per heavy atom. The molecule has 4 radical (unpaired) electrons. The second-order valence-electron chi connectivity index (χ2n) is 4.67. The van der Waals surface area contributed by atoms with Gasteiger partial charge in [-0.3, -0.25) is 9.59 Å². The minimum atomic E-state index is -1.04. The second-order valence-corrected chi connectivity index (χ2v) is 4.67. The Labute approximate surface area is 176 Å². The van der Waals surface area contributed by atoms with E-state index >= 15 is 0 Å². The van der Waals surface area contributed by atoms with Crippen molar-refractivity contribution in [2.45, 2.75) is 12.8 Å². The van der Waals surface area contributed by atoms with Gasteiger partial charge in [-0.25, -0.2) is 0 Å². The summed E-state index contributed by atoms with van der Waals surface area (Å²) in [5.74, 6) is -1.94. The molecule has 0 bridgehead atoms. The van der Waals surface area contributed by atoms with Crippen molar-refractivity contribution in [3.8, 4) is 0 Å². The molecule has 0 amide bonds. The molecule has 8 heteroatoms. The molecule has 0 aromatic heterocycles. The first kappa shape index (κ1) is 33.5. The minimum Gasteiger partial charge on any atom is -0.468 e. The summed E-state index contributed by atoms with van der Waals surface area (Å²) in [6.45, 7) is 19.1. The third kappa shape index (κ3) is 13.1. The molecule has 28 heavy (non-hydrogen) atoms. The Bertz CT molecular complexity index is 549. The van der Waals surface area contributed by atoms with Crippen LogP contribution in [0.15, 0.2) is 30.3 Å². The number of benzene rings is 1. The summed E-state index contributed by atoms with van der Waals surface area (Å²) in [4.78, 5) is 24.0. The van der Waals surface area contributed by atoms with Crippen LogP contribution in [0.25, 0.3) is 0 Å². The molecule has 0 unspecified atom stereocenters. The minimum absolute atomic E-state index is 0. The van der Waals surface area contributed by atoms with E-state index in [1.165, 1.54) is 14.2 Å². The molecule has 7 nitrogen and oxygen atoms in total. The molecule has 1 aromatic rings. The molecule has 0 N–H and O–H groups in total. The molecule has 0 heterocycles. The fraction of sp³-hybridized carbons (Fsp3) is 0.250. The molecule has 0 saturated heterocycles. The van der Waals surface area contributed by atoms with Gasteiger partial charge in [0.25, 0.3) is 0 Å². The zero-order chi connectivity index (χ0) is 21.8. The zero-order valence-electron chi connectivity index (χ0n) is 15.6. The normalized spacial score (nSPS) is 9.43. The predicted molar refractivity (Wildman–Crippen MR) is 91.4 cm³/mol. The first-order chi connectivity index (χ1) is 13.0. The fourth-order valence-corrected chi connectivity index (χ4v) is 2.00. The van der Waals surface area contributed by atoms with Crippen LogP contribution in [0.5, 0.6) is 0 Å². The SMILES string of the molecule is [C-]#[O+].[C-]#[O+].[C-]#[O+].[CH2][C](C)[CH][CH][C@@H](c1ccccc1)C(C(=O)OC)C(=O)OC.[Fe]. The largest absolute Gasteiger partial charge is 0.468 e. The quantitative estimate of drug-likeness (QED) is 0.218. The average molecular weight is 428 g/mol. The third-order valence-corrected chi connectivity index (χ3v) is 3.04. The topological polar surface area (TPSA) is 112 Å². The average Bonchev–Trinajstić information content (AvgIpc) is 2.74. The Morgan fingerprint density at radius 2 is 1.36 bits per heavy atom. The van der Waals surface area contributed by atoms with Crippen LogP contribution in [-0.2, 0) is 50.1 Å². The van der Waals surface area contributed by atoms with Crippen LogP contribution in [0.2, 0.25) is 0 Å². The summed E-state index contributed by atoms with van der Waals surface area (Å²) < 4.78 is 32.0. The van der Waals surface area contributed by atoms with E-state index in [0.29, 0.717) is 0 Å². The van der Waals surface area contributed by atoms with Gasteiger partial charge in [0.2, 0.25) is 0 Å². The van der Waals surface area contributed by atoms with Crippen LogP contribution >= 0.6 is 0 Å². The van der Waals surface area contributed by atoms with Crippen molar-refractivity contribution in [3.05, 3.63) is 81.5 Å². The third-order valence-electron chi connectivity index (χ3n) is 3.04. The van der Waals surface area contributed by atoms with Crippen molar-refractivity contribution >= 4 is 11.9 Å². The van der Waals surface area contributed by atoms with Crippen LogP contribution in [0, 0.1) is 51.6 Å². The maximum Gasteiger partial charge on any atom is 0.320 e. The molecule has 0 aliphatic rings. The second kappa shape index (κ2) is 22.9. The van der Waals surface area contributed by atoms with E-state index in [9.17, 15) is 9.59 Å². The van der Waals surface area contributed by atoms with E-state index in [4.69, 9.17) is 23.4 Å². The molecular formula is C20H20FeO7. The van der Waals surface area contributed by atoms with Crippen molar-refractivity contribution in [3.63, 3.8) is 0 Å². The number of rotatable bonds is 7. The number of hydrogen-bond donors (Lipinski definition) is 0. The van der Waals surface area contributed by atoms with E-state index in [2.05, 4.69) is 26.9 Å². The van der Waals surface area contributed by atoms with E-state index < -0.39 is 23.8 Å². The van der Waals surface area contributed by atoms with Gasteiger partial charge in [-0.05, 0) is 31.2 Å². The van der Waals surface area contributed by atoms with Gasteiger partial charge >= 0.3 is 45.8 Å². The zero-order valence-corrected chi connectivity index (χ0v) is 16.7. The molecule has 1 atom stereocenters. The summed E-state index contributed by atoms with van der Waals surface area (Å²) in [5.41, 5.74) is 0.829. The van der Waals surface area contributed by atoms with E-state index in [1.54, 1.807) is 12.8 Å². The van der Waals surface area contributed by atoms with E-state index in [1.807, 2.05) is 37.3 Å². The number of carbonyl (C=O) groups is 2. The summed E-state index contributed by atoms with van der Waals surface area (Å²) in [7, 11) is 2.51. The van der Waals surface area contributed by atoms with Gasteiger partial charge in [0.15, 0.2) is 5.92 Å². The van der Waals surface area contributed by atoms with Crippen LogP contribution in [0.4, 0.5) is 0 Å². The monoisotopic (exact) mass is 428 g/mol. The van der Waals surface area contributed by atoms with Crippen molar-refractivity contribution in [2.24, 2.45) is 5.92 Å². The predicted octanol–water partition coefficient (Wildman–Crippen LogP) is 2.45. The summed E-state index contributed by atoms with van der Waals surface area (Å²) in [5, 5.41) is 0. The Hall–Kier alpha value is -2.10. The van der Waals surface area contributed by atoms with Crippen LogP contribution in [-0.4, -0.2) is 26.2 Å². The van der Waals surface area contributed by atoms with Gasteiger partial charge in [0.05, 0.1) is 14.2 Å². The number of ether oxygens (including phenoxy) is 2. The van der Waals surface area contributed by atoms with Crippen molar-refractivity contribution in [1.82, 2.24) is 0 Å². The van der Waals surface area contributed by atoms with Gasteiger partial charge in [-0.15, -0.1) is 0 Å². The smallest absolute Gasteiger partial charge is 0.320 e. The fourth-order valence-electron chi connectivity index (χ4n) is 2.00. The van der Waals surface area contributed by atoms with E-state index in [-0.39, 0.29) is 17.1 Å². The van der Waals surface area contributed by atoms with Gasteiger partial charge in [-0.2, -0.15) is 0 Å². The molecule has 0 saturated carbocycles. The molecule has 0 aliphatic carbocycles. The first-order valence-electron chi connectivity index (χ1n) is 7.16. The first-order valence-corrected chi connectivity index (χ1v) is 7.16. The van der Waals surface area contributed by atoms with Crippen molar-refractivity contribution in [2.75, 3.05) is 14.2 Å². The molecular weight excluding hydrogens is 408 g/mol.